The number of hydrogen-bond donors (Lipinski definition) is 1. The first-order valence-electron chi connectivity index (χ1n) is 4.44. The third-order valence-electron chi connectivity index (χ3n) is 1.69. The zero-order valence-corrected chi connectivity index (χ0v) is 8.36. The van der Waals surface area contributed by atoms with Crippen LogP contribution in [0.3, 0.4) is 0 Å². The second kappa shape index (κ2) is 5.33. The number of carbonyl (C=O) groups excluding carboxylic acids is 1. The summed E-state index contributed by atoms with van der Waals surface area (Å²) in [5.74, 6) is -0.248. The van der Waals surface area contributed by atoms with E-state index in [1.807, 2.05) is 0 Å². The van der Waals surface area contributed by atoms with Crippen molar-refractivity contribution in [1.82, 2.24) is 20.3 Å². The van der Waals surface area contributed by atoms with Crippen LogP contribution in [0.2, 0.25) is 0 Å². The summed E-state index contributed by atoms with van der Waals surface area (Å²) in [5.41, 5.74) is 0.925. The first kappa shape index (κ1) is 10.6. The second-order valence-corrected chi connectivity index (χ2v) is 2.76. The van der Waals surface area contributed by atoms with Crippen molar-refractivity contribution in [2.24, 2.45) is 7.05 Å². The molecule has 6 heteroatoms. The molecule has 0 aliphatic rings. The number of aromatic nitrogens is 3. The van der Waals surface area contributed by atoms with Gasteiger partial charge in [0, 0.05) is 13.6 Å². The van der Waals surface area contributed by atoms with Crippen LogP contribution in [-0.4, -0.2) is 34.1 Å². The molecule has 78 valence electrons. The molecular formula is C8H14N4O2. The number of esters is 1. The third-order valence-corrected chi connectivity index (χ3v) is 1.69. The molecule has 0 fully saturated rings. The van der Waals surface area contributed by atoms with Gasteiger partial charge in [0.25, 0.3) is 0 Å². The van der Waals surface area contributed by atoms with Crippen LogP contribution >= 0.6 is 0 Å². The summed E-state index contributed by atoms with van der Waals surface area (Å²) in [5, 5.41) is 10.4. The molecule has 0 atom stereocenters. The van der Waals surface area contributed by atoms with E-state index in [-0.39, 0.29) is 12.5 Å². The molecule has 1 N–H and O–H groups in total. The van der Waals surface area contributed by atoms with Gasteiger partial charge < -0.3 is 10.1 Å². The fourth-order valence-corrected chi connectivity index (χ4v) is 0.976. The van der Waals surface area contributed by atoms with Crippen molar-refractivity contribution >= 4 is 5.97 Å². The van der Waals surface area contributed by atoms with E-state index >= 15 is 0 Å². The highest BCUT2D eigenvalue weighted by Crippen LogP contribution is 1.91. The van der Waals surface area contributed by atoms with Crippen molar-refractivity contribution in [2.45, 2.75) is 13.5 Å². The van der Waals surface area contributed by atoms with Crippen LogP contribution in [0.5, 0.6) is 0 Å². The number of ether oxygens (including phenoxy) is 1. The minimum Gasteiger partial charge on any atom is -0.465 e. The van der Waals surface area contributed by atoms with Crippen LogP contribution in [-0.2, 0) is 23.1 Å². The van der Waals surface area contributed by atoms with Crippen molar-refractivity contribution < 1.29 is 9.53 Å². The number of hydrogen-bond acceptors (Lipinski definition) is 5. The molecule has 1 rings (SSSR count). The van der Waals surface area contributed by atoms with Crippen molar-refractivity contribution in [1.29, 1.82) is 0 Å². The summed E-state index contributed by atoms with van der Waals surface area (Å²) in [6, 6.07) is 0. The van der Waals surface area contributed by atoms with Crippen LogP contribution < -0.4 is 5.32 Å². The van der Waals surface area contributed by atoms with Gasteiger partial charge >= 0.3 is 5.97 Å². The van der Waals surface area contributed by atoms with E-state index in [1.165, 1.54) is 0 Å². The average Bonchev–Trinajstić information content (AvgIpc) is 2.52. The Hall–Kier alpha value is -1.43. The number of nitrogens with zero attached hydrogens (tertiary/aromatic N) is 3. The Labute approximate surface area is 82.2 Å². The highest BCUT2D eigenvalue weighted by molar-refractivity contribution is 5.71. The molecule has 14 heavy (non-hydrogen) atoms. The Bertz CT molecular complexity index is 297. The Morgan fingerprint density at radius 3 is 3.07 bits per heavy atom. The first-order valence-corrected chi connectivity index (χ1v) is 4.44. The monoisotopic (exact) mass is 198 g/mol. The average molecular weight is 198 g/mol. The predicted octanol–water partition coefficient (Wildman–Crippen LogP) is -0.532. The summed E-state index contributed by atoms with van der Waals surface area (Å²) in [4.78, 5) is 10.9. The Kier molecular flexibility index (Phi) is 4.06. The lowest BCUT2D eigenvalue weighted by atomic mass is 10.4. The normalized spacial score (nSPS) is 10.1. The zero-order chi connectivity index (χ0) is 10.4. The maximum atomic E-state index is 10.9. The van der Waals surface area contributed by atoms with Crippen molar-refractivity contribution in [3.63, 3.8) is 0 Å². The van der Waals surface area contributed by atoms with Crippen molar-refractivity contribution in [3.05, 3.63) is 11.9 Å². The summed E-state index contributed by atoms with van der Waals surface area (Å²) in [6.07, 6.45) is 1.65. The molecule has 0 amide bonds. The fraction of sp³-hybridized carbons (Fsp3) is 0.625. The van der Waals surface area contributed by atoms with E-state index in [4.69, 9.17) is 4.74 Å². The van der Waals surface area contributed by atoms with Gasteiger partial charge in [-0.15, -0.1) is 5.10 Å². The lowest BCUT2D eigenvalue weighted by Crippen LogP contribution is -2.25. The molecular weight excluding hydrogens is 184 g/mol. The molecule has 1 aromatic heterocycles. The quantitative estimate of drug-likeness (QED) is 0.644. The standard InChI is InChI=1S/C8H14N4O2/c1-3-14-8(13)6-9-4-7-5-10-11-12(7)2/h5,9H,3-4,6H2,1-2H3. The topological polar surface area (TPSA) is 69.0 Å². The fourth-order valence-electron chi connectivity index (χ4n) is 0.976. The number of rotatable bonds is 5. The second-order valence-electron chi connectivity index (χ2n) is 2.76. The van der Waals surface area contributed by atoms with E-state index < -0.39 is 0 Å². The van der Waals surface area contributed by atoms with Crippen molar-refractivity contribution in [2.75, 3.05) is 13.2 Å². The highest BCUT2D eigenvalue weighted by Gasteiger charge is 2.02. The van der Waals surface area contributed by atoms with E-state index in [2.05, 4.69) is 15.6 Å². The lowest BCUT2D eigenvalue weighted by molar-refractivity contribution is -0.142. The van der Waals surface area contributed by atoms with Gasteiger partial charge in [-0.05, 0) is 6.92 Å². The van der Waals surface area contributed by atoms with E-state index in [9.17, 15) is 4.79 Å². The van der Waals surface area contributed by atoms with Crippen LogP contribution in [0.15, 0.2) is 6.20 Å². The Morgan fingerprint density at radius 1 is 1.71 bits per heavy atom. The SMILES string of the molecule is CCOC(=O)CNCc1cnnn1C. The Morgan fingerprint density at radius 2 is 2.50 bits per heavy atom. The lowest BCUT2D eigenvalue weighted by Gasteiger charge is -2.03. The smallest absolute Gasteiger partial charge is 0.319 e. The van der Waals surface area contributed by atoms with Gasteiger partial charge in [-0.2, -0.15) is 0 Å². The number of aryl methyl sites for hydroxylation is 1. The Balaban J connectivity index is 2.22. The van der Waals surface area contributed by atoms with E-state index in [1.54, 1.807) is 24.9 Å². The van der Waals surface area contributed by atoms with Gasteiger partial charge in [0.05, 0.1) is 25.0 Å². The van der Waals surface area contributed by atoms with Gasteiger partial charge in [-0.1, -0.05) is 5.21 Å². The minimum absolute atomic E-state index is 0.207. The largest absolute Gasteiger partial charge is 0.465 e. The maximum absolute atomic E-state index is 10.9. The summed E-state index contributed by atoms with van der Waals surface area (Å²) < 4.78 is 6.40. The minimum atomic E-state index is -0.248. The maximum Gasteiger partial charge on any atom is 0.319 e. The van der Waals surface area contributed by atoms with Crippen LogP contribution in [0.1, 0.15) is 12.6 Å². The van der Waals surface area contributed by atoms with Crippen LogP contribution in [0, 0.1) is 0 Å². The highest BCUT2D eigenvalue weighted by atomic mass is 16.5. The van der Waals surface area contributed by atoms with Gasteiger partial charge in [-0.25, -0.2) is 0 Å². The van der Waals surface area contributed by atoms with Crippen molar-refractivity contribution in [3.8, 4) is 0 Å². The van der Waals surface area contributed by atoms with E-state index in [0.717, 1.165) is 5.69 Å². The molecule has 0 aliphatic carbocycles. The molecule has 1 heterocycles. The van der Waals surface area contributed by atoms with Gasteiger partial charge in [0.1, 0.15) is 0 Å². The number of carbonyl (C=O) groups is 1. The van der Waals surface area contributed by atoms with E-state index in [0.29, 0.717) is 13.2 Å². The zero-order valence-electron chi connectivity index (χ0n) is 8.36. The molecule has 0 bridgehead atoms. The molecule has 0 aliphatic heterocycles. The molecule has 0 saturated carbocycles. The molecule has 1 aromatic rings. The molecule has 0 unspecified atom stereocenters. The van der Waals surface area contributed by atoms with Gasteiger partial charge in [-0.3, -0.25) is 9.48 Å². The predicted molar refractivity (Wildman–Crippen MR) is 49.3 cm³/mol. The van der Waals surface area contributed by atoms with Crippen LogP contribution in [0.4, 0.5) is 0 Å². The molecule has 0 saturated heterocycles. The van der Waals surface area contributed by atoms with Crippen LogP contribution in [0.25, 0.3) is 0 Å². The summed E-state index contributed by atoms with van der Waals surface area (Å²) >= 11 is 0. The number of nitrogens with one attached hydrogen (secondary N) is 1. The first-order chi connectivity index (χ1) is 6.74. The summed E-state index contributed by atoms with van der Waals surface area (Å²) in [7, 11) is 1.80. The summed E-state index contributed by atoms with van der Waals surface area (Å²) in [6.45, 7) is 2.96. The van der Waals surface area contributed by atoms with Gasteiger partial charge in [0.15, 0.2) is 0 Å². The molecule has 0 aromatic carbocycles. The molecule has 0 spiro atoms. The third kappa shape index (κ3) is 3.14. The molecule has 6 nitrogen and oxygen atoms in total. The molecule has 0 radical (unpaired) electrons. The van der Waals surface area contributed by atoms with Gasteiger partial charge in [0.2, 0.25) is 0 Å².